The summed E-state index contributed by atoms with van der Waals surface area (Å²) in [5, 5.41) is 5.80. The Bertz CT molecular complexity index is 1200. The van der Waals surface area contributed by atoms with Crippen molar-refractivity contribution in [2.24, 2.45) is 0 Å². The fourth-order valence-corrected chi connectivity index (χ4v) is 3.15. The van der Waals surface area contributed by atoms with Crippen LogP contribution in [0, 0.1) is 0 Å². The number of halogens is 1. The molecule has 0 saturated carbocycles. The van der Waals surface area contributed by atoms with Crippen LogP contribution in [0.4, 0.5) is 0 Å². The van der Waals surface area contributed by atoms with E-state index in [1.54, 1.807) is 36.8 Å². The highest BCUT2D eigenvalue weighted by Crippen LogP contribution is 2.16. The number of nitrogens with one attached hydrogen (secondary N) is 2. The molecule has 2 heterocycles. The molecule has 0 spiro atoms. The highest BCUT2D eigenvalue weighted by Gasteiger charge is 2.09. The number of aromatic nitrogens is 3. The summed E-state index contributed by atoms with van der Waals surface area (Å²) >= 11 is 5.87. The number of amides is 2. The van der Waals surface area contributed by atoms with Crippen LogP contribution in [0.25, 0.3) is 16.9 Å². The van der Waals surface area contributed by atoms with E-state index in [0.717, 1.165) is 22.4 Å². The molecule has 4 aromatic rings. The SMILES string of the molecule is O=C(CNC(=O)c1cccc(Cl)c1)NCc1ccc(-n2cnc3ccccc32)nc1. The second-order valence-electron chi connectivity index (χ2n) is 6.60. The van der Waals surface area contributed by atoms with Gasteiger partial charge < -0.3 is 10.6 Å². The van der Waals surface area contributed by atoms with E-state index in [1.807, 2.05) is 41.0 Å². The van der Waals surface area contributed by atoms with Crippen LogP contribution in [-0.2, 0) is 11.3 Å². The molecular weight excluding hydrogens is 402 g/mol. The second-order valence-corrected chi connectivity index (χ2v) is 7.03. The van der Waals surface area contributed by atoms with E-state index in [-0.39, 0.29) is 18.4 Å². The fraction of sp³-hybridized carbons (Fsp3) is 0.0909. The van der Waals surface area contributed by atoms with Gasteiger partial charge in [-0.25, -0.2) is 9.97 Å². The Kier molecular flexibility index (Phi) is 5.72. The molecule has 2 N–H and O–H groups in total. The van der Waals surface area contributed by atoms with Crippen molar-refractivity contribution in [2.45, 2.75) is 6.54 Å². The molecule has 0 aliphatic carbocycles. The predicted octanol–water partition coefficient (Wildman–Crippen LogP) is 3.12. The number of rotatable bonds is 6. The fourth-order valence-electron chi connectivity index (χ4n) is 2.96. The summed E-state index contributed by atoms with van der Waals surface area (Å²) < 4.78 is 1.91. The summed E-state index contributed by atoms with van der Waals surface area (Å²) in [6, 6.07) is 18.1. The van der Waals surface area contributed by atoms with Gasteiger partial charge in [0.25, 0.3) is 5.91 Å². The first-order chi connectivity index (χ1) is 14.6. The van der Waals surface area contributed by atoms with Gasteiger partial charge in [0, 0.05) is 23.3 Å². The van der Waals surface area contributed by atoms with E-state index < -0.39 is 0 Å². The van der Waals surface area contributed by atoms with Crippen molar-refractivity contribution >= 4 is 34.4 Å². The molecule has 8 heteroatoms. The summed E-state index contributed by atoms with van der Waals surface area (Å²) in [6.45, 7) is 0.182. The molecule has 0 aliphatic heterocycles. The van der Waals surface area contributed by atoms with Gasteiger partial charge in [0.2, 0.25) is 5.91 Å². The maximum absolute atomic E-state index is 12.1. The maximum Gasteiger partial charge on any atom is 0.251 e. The van der Waals surface area contributed by atoms with Gasteiger partial charge in [0.1, 0.15) is 12.1 Å². The number of hydrogen-bond donors (Lipinski definition) is 2. The topological polar surface area (TPSA) is 88.9 Å². The Morgan fingerprint density at radius 3 is 2.63 bits per heavy atom. The number of carbonyl (C=O) groups is 2. The van der Waals surface area contributed by atoms with Crippen LogP contribution in [0.1, 0.15) is 15.9 Å². The lowest BCUT2D eigenvalue weighted by atomic mass is 10.2. The van der Waals surface area contributed by atoms with Crippen molar-refractivity contribution in [3.8, 4) is 5.82 Å². The number of hydrogen-bond acceptors (Lipinski definition) is 4. The van der Waals surface area contributed by atoms with E-state index in [9.17, 15) is 9.59 Å². The molecule has 4 rings (SSSR count). The number of carbonyl (C=O) groups excluding carboxylic acids is 2. The Hall–Kier alpha value is -3.71. The van der Waals surface area contributed by atoms with Gasteiger partial charge in [-0.05, 0) is 42.0 Å². The number of para-hydroxylation sites is 2. The molecule has 30 heavy (non-hydrogen) atoms. The normalized spacial score (nSPS) is 10.7. The van der Waals surface area contributed by atoms with Crippen molar-refractivity contribution in [3.05, 3.63) is 89.3 Å². The van der Waals surface area contributed by atoms with Crippen molar-refractivity contribution in [3.63, 3.8) is 0 Å². The first-order valence-corrected chi connectivity index (χ1v) is 9.66. The van der Waals surface area contributed by atoms with Crippen molar-refractivity contribution < 1.29 is 9.59 Å². The monoisotopic (exact) mass is 419 g/mol. The van der Waals surface area contributed by atoms with E-state index in [0.29, 0.717) is 17.1 Å². The average molecular weight is 420 g/mol. The maximum atomic E-state index is 12.1. The van der Waals surface area contributed by atoms with E-state index in [2.05, 4.69) is 20.6 Å². The van der Waals surface area contributed by atoms with Gasteiger partial charge in [-0.3, -0.25) is 14.2 Å². The summed E-state index contributed by atoms with van der Waals surface area (Å²) in [4.78, 5) is 32.9. The van der Waals surface area contributed by atoms with Gasteiger partial charge in [0.05, 0.1) is 17.6 Å². The van der Waals surface area contributed by atoms with Gasteiger partial charge in [-0.2, -0.15) is 0 Å². The highest BCUT2D eigenvalue weighted by molar-refractivity contribution is 6.31. The zero-order valence-corrected chi connectivity index (χ0v) is 16.6. The first kappa shape index (κ1) is 19.6. The predicted molar refractivity (Wildman–Crippen MR) is 114 cm³/mol. The van der Waals surface area contributed by atoms with Gasteiger partial charge >= 0.3 is 0 Å². The van der Waals surface area contributed by atoms with Crippen molar-refractivity contribution in [1.29, 1.82) is 0 Å². The summed E-state index contributed by atoms with van der Waals surface area (Å²) in [7, 11) is 0. The van der Waals surface area contributed by atoms with Gasteiger partial charge in [-0.15, -0.1) is 0 Å². The minimum Gasteiger partial charge on any atom is -0.350 e. The smallest absolute Gasteiger partial charge is 0.251 e. The Labute approximate surface area is 177 Å². The molecule has 0 fully saturated rings. The molecule has 0 unspecified atom stereocenters. The number of benzene rings is 2. The molecule has 7 nitrogen and oxygen atoms in total. The minimum absolute atomic E-state index is 0.127. The van der Waals surface area contributed by atoms with E-state index in [1.165, 1.54) is 0 Å². The van der Waals surface area contributed by atoms with Crippen LogP contribution in [-0.4, -0.2) is 32.9 Å². The lowest BCUT2D eigenvalue weighted by Gasteiger charge is -2.08. The van der Waals surface area contributed by atoms with Crippen LogP contribution < -0.4 is 10.6 Å². The zero-order valence-electron chi connectivity index (χ0n) is 15.9. The molecule has 2 amide bonds. The number of pyridine rings is 1. The third-order valence-electron chi connectivity index (χ3n) is 4.50. The number of imidazole rings is 1. The summed E-state index contributed by atoms with van der Waals surface area (Å²) in [5.74, 6) is 0.0915. The largest absolute Gasteiger partial charge is 0.350 e. The summed E-state index contributed by atoms with van der Waals surface area (Å²) in [5.41, 5.74) is 3.12. The van der Waals surface area contributed by atoms with E-state index >= 15 is 0 Å². The first-order valence-electron chi connectivity index (χ1n) is 9.28. The Balaban J connectivity index is 1.31. The molecule has 0 radical (unpaired) electrons. The van der Waals surface area contributed by atoms with Crippen LogP contribution in [0.3, 0.4) is 0 Å². The van der Waals surface area contributed by atoms with Gasteiger partial charge in [-0.1, -0.05) is 35.9 Å². The van der Waals surface area contributed by atoms with Crippen LogP contribution >= 0.6 is 11.6 Å². The minimum atomic E-state index is -0.355. The molecule has 0 aliphatic rings. The molecule has 2 aromatic carbocycles. The Morgan fingerprint density at radius 2 is 1.83 bits per heavy atom. The number of nitrogens with zero attached hydrogens (tertiary/aromatic N) is 3. The average Bonchev–Trinajstić information content (AvgIpc) is 3.20. The van der Waals surface area contributed by atoms with Crippen molar-refractivity contribution in [2.75, 3.05) is 6.54 Å². The molecular formula is C22H18ClN5O2. The zero-order chi connectivity index (χ0) is 20.9. The third kappa shape index (κ3) is 4.47. The van der Waals surface area contributed by atoms with Crippen LogP contribution in [0.15, 0.2) is 73.2 Å². The quantitative estimate of drug-likeness (QED) is 0.502. The van der Waals surface area contributed by atoms with Crippen LogP contribution in [0.2, 0.25) is 5.02 Å². The van der Waals surface area contributed by atoms with E-state index in [4.69, 9.17) is 11.6 Å². The Morgan fingerprint density at radius 1 is 0.967 bits per heavy atom. The molecule has 0 bridgehead atoms. The third-order valence-corrected chi connectivity index (χ3v) is 4.73. The molecule has 0 atom stereocenters. The second kappa shape index (κ2) is 8.75. The molecule has 150 valence electrons. The van der Waals surface area contributed by atoms with Crippen LogP contribution in [0.5, 0.6) is 0 Å². The highest BCUT2D eigenvalue weighted by atomic mass is 35.5. The molecule has 2 aromatic heterocycles. The lowest BCUT2D eigenvalue weighted by molar-refractivity contribution is -0.120. The standard InChI is InChI=1S/C22H18ClN5O2/c23-17-5-3-4-16(10-17)22(30)26-13-21(29)25-12-15-8-9-20(24-11-15)28-14-27-18-6-1-2-7-19(18)28/h1-11,14H,12-13H2,(H,25,29)(H,26,30). The van der Waals surface area contributed by atoms with Crippen molar-refractivity contribution in [1.82, 2.24) is 25.2 Å². The van der Waals surface area contributed by atoms with Gasteiger partial charge in [0.15, 0.2) is 0 Å². The number of fused-ring (bicyclic) bond motifs is 1. The molecule has 0 saturated heterocycles. The summed E-state index contributed by atoms with van der Waals surface area (Å²) in [6.07, 6.45) is 3.44. The lowest BCUT2D eigenvalue weighted by Crippen LogP contribution is -2.36.